The van der Waals surface area contributed by atoms with E-state index in [-0.39, 0.29) is 5.78 Å². The molecule has 0 aliphatic carbocycles. The van der Waals surface area contributed by atoms with Gasteiger partial charge in [-0.3, -0.25) is 14.6 Å². The van der Waals surface area contributed by atoms with Crippen molar-refractivity contribution in [1.82, 2.24) is 25.0 Å². The Balaban J connectivity index is 1.75. The van der Waals surface area contributed by atoms with Gasteiger partial charge in [0.05, 0.1) is 22.9 Å². The molecule has 0 amide bonds. The van der Waals surface area contributed by atoms with Crippen LogP contribution in [-0.4, -0.2) is 30.7 Å². The minimum absolute atomic E-state index is 0.0455. The van der Waals surface area contributed by atoms with Gasteiger partial charge in [-0.1, -0.05) is 6.07 Å². The van der Waals surface area contributed by atoms with E-state index in [1.165, 1.54) is 6.92 Å². The number of H-pyrrole nitrogens is 1. The molecule has 0 atom stereocenters. The zero-order chi connectivity index (χ0) is 16.0. The summed E-state index contributed by atoms with van der Waals surface area (Å²) < 4.78 is 1.85. The van der Waals surface area contributed by atoms with Crippen molar-refractivity contribution in [3.8, 4) is 0 Å². The number of pyridine rings is 1. The average molecular weight is 305 g/mol. The molecule has 4 aromatic rings. The standard InChI is InChI=1S/C17H15N5O/c1-10(23)13-4-5-14-17(19-13)15(21-20-14)8-11-3-6-16-12(7-11)9-18-22(16)2/h3-7,9H,8H2,1-2H3,(H,20,21). The molecule has 0 saturated heterocycles. The molecule has 0 unspecified atom stereocenters. The zero-order valence-electron chi connectivity index (χ0n) is 12.9. The molecule has 3 heterocycles. The van der Waals surface area contributed by atoms with Crippen LogP contribution in [0.5, 0.6) is 0 Å². The van der Waals surface area contributed by atoms with Gasteiger partial charge in [0.2, 0.25) is 0 Å². The molecule has 0 saturated carbocycles. The van der Waals surface area contributed by atoms with E-state index in [4.69, 9.17) is 0 Å². The van der Waals surface area contributed by atoms with Crippen LogP contribution in [0.4, 0.5) is 0 Å². The molecule has 114 valence electrons. The monoisotopic (exact) mass is 305 g/mol. The van der Waals surface area contributed by atoms with Gasteiger partial charge in [-0.2, -0.15) is 10.2 Å². The van der Waals surface area contributed by atoms with E-state index >= 15 is 0 Å². The molecule has 0 radical (unpaired) electrons. The summed E-state index contributed by atoms with van der Waals surface area (Å²) in [7, 11) is 1.93. The van der Waals surface area contributed by atoms with Crippen molar-refractivity contribution in [2.75, 3.05) is 0 Å². The lowest BCUT2D eigenvalue weighted by Gasteiger charge is -2.01. The lowest BCUT2D eigenvalue weighted by atomic mass is 10.1. The summed E-state index contributed by atoms with van der Waals surface area (Å²) in [6.07, 6.45) is 2.51. The van der Waals surface area contributed by atoms with Crippen molar-refractivity contribution in [3.05, 3.63) is 53.5 Å². The SMILES string of the molecule is CC(=O)c1ccc2[nH]nc(Cc3ccc4c(cnn4C)c3)c2n1. The fourth-order valence-corrected chi connectivity index (χ4v) is 2.79. The summed E-state index contributed by atoms with van der Waals surface area (Å²) in [5.41, 5.74) is 5.12. The molecule has 1 aromatic carbocycles. The molecule has 23 heavy (non-hydrogen) atoms. The van der Waals surface area contributed by atoms with Crippen LogP contribution in [-0.2, 0) is 13.5 Å². The highest BCUT2D eigenvalue weighted by Crippen LogP contribution is 2.20. The number of Topliss-reactive ketones (excluding diaryl/α,β-unsaturated/α-hetero) is 1. The van der Waals surface area contributed by atoms with Crippen LogP contribution < -0.4 is 0 Å². The van der Waals surface area contributed by atoms with Gasteiger partial charge in [-0.25, -0.2) is 4.98 Å². The first-order valence-electron chi connectivity index (χ1n) is 7.37. The lowest BCUT2D eigenvalue weighted by Crippen LogP contribution is -1.97. The summed E-state index contributed by atoms with van der Waals surface area (Å²) in [6, 6.07) is 9.80. The number of hydrogen-bond donors (Lipinski definition) is 1. The van der Waals surface area contributed by atoms with Gasteiger partial charge < -0.3 is 0 Å². The third kappa shape index (κ3) is 2.28. The third-order valence-corrected chi connectivity index (χ3v) is 4.02. The molecule has 0 aliphatic rings. The second kappa shape index (κ2) is 5.01. The first-order chi connectivity index (χ1) is 11.1. The largest absolute Gasteiger partial charge is 0.293 e. The number of ketones is 1. The van der Waals surface area contributed by atoms with Crippen LogP contribution >= 0.6 is 0 Å². The topological polar surface area (TPSA) is 76.5 Å². The lowest BCUT2D eigenvalue weighted by molar-refractivity contribution is 0.101. The van der Waals surface area contributed by atoms with E-state index in [1.54, 1.807) is 6.07 Å². The number of benzene rings is 1. The Morgan fingerprint density at radius 3 is 2.96 bits per heavy atom. The summed E-state index contributed by atoms with van der Waals surface area (Å²) in [5, 5.41) is 12.7. The quantitative estimate of drug-likeness (QED) is 0.590. The molecule has 0 fully saturated rings. The fraction of sp³-hybridized carbons (Fsp3) is 0.176. The van der Waals surface area contributed by atoms with Crippen LogP contribution in [0.25, 0.3) is 21.9 Å². The van der Waals surface area contributed by atoms with Crippen LogP contribution in [0.3, 0.4) is 0 Å². The number of aryl methyl sites for hydroxylation is 1. The Kier molecular flexibility index (Phi) is 2.97. The highest BCUT2D eigenvalue weighted by molar-refractivity contribution is 5.94. The number of aromatic amines is 1. The van der Waals surface area contributed by atoms with Crippen molar-refractivity contribution >= 4 is 27.7 Å². The Bertz CT molecular complexity index is 1040. The molecule has 6 heteroatoms. The maximum Gasteiger partial charge on any atom is 0.178 e. The molecule has 0 bridgehead atoms. The second-order valence-corrected chi connectivity index (χ2v) is 5.66. The van der Waals surface area contributed by atoms with Gasteiger partial charge in [0.25, 0.3) is 0 Å². The second-order valence-electron chi connectivity index (χ2n) is 5.66. The minimum atomic E-state index is -0.0455. The highest BCUT2D eigenvalue weighted by Gasteiger charge is 2.11. The summed E-state index contributed by atoms with van der Waals surface area (Å²) in [5.74, 6) is -0.0455. The molecule has 1 N–H and O–H groups in total. The summed E-state index contributed by atoms with van der Waals surface area (Å²) in [4.78, 5) is 16.0. The number of hydrogen-bond acceptors (Lipinski definition) is 4. The van der Waals surface area contributed by atoms with Crippen LogP contribution in [0, 0.1) is 0 Å². The van der Waals surface area contributed by atoms with Crippen LogP contribution in [0.2, 0.25) is 0 Å². The van der Waals surface area contributed by atoms with Gasteiger partial charge >= 0.3 is 0 Å². The van der Waals surface area contributed by atoms with E-state index < -0.39 is 0 Å². The average Bonchev–Trinajstić information content (AvgIpc) is 3.11. The van der Waals surface area contributed by atoms with Gasteiger partial charge in [0, 0.05) is 25.8 Å². The number of fused-ring (bicyclic) bond motifs is 2. The normalized spacial score (nSPS) is 11.4. The van der Waals surface area contributed by atoms with Gasteiger partial charge in [0.1, 0.15) is 11.2 Å². The predicted molar refractivity (Wildman–Crippen MR) is 87.4 cm³/mol. The number of rotatable bonds is 3. The molecular weight excluding hydrogens is 290 g/mol. The number of nitrogens with one attached hydrogen (secondary N) is 1. The maximum atomic E-state index is 11.5. The van der Waals surface area contributed by atoms with Gasteiger partial charge in [-0.05, 0) is 29.8 Å². The minimum Gasteiger partial charge on any atom is -0.293 e. The summed E-state index contributed by atoms with van der Waals surface area (Å²) >= 11 is 0. The Morgan fingerprint density at radius 2 is 2.13 bits per heavy atom. The third-order valence-electron chi connectivity index (χ3n) is 4.02. The van der Waals surface area contributed by atoms with Crippen molar-refractivity contribution < 1.29 is 4.79 Å². The first-order valence-corrected chi connectivity index (χ1v) is 7.37. The Labute approximate surface area is 132 Å². The highest BCUT2D eigenvalue weighted by atomic mass is 16.1. The molecular formula is C17H15N5O. The maximum absolute atomic E-state index is 11.5. The summed E-state index contributed by atoms with van der Waals surface area (Å²) in [6.45, 7) is 1.52. The van der Waals surface area contributed by atoms with E-state index in [0.29, 0.717) is 12.1 Å². The van der Waals surface area contributed by atoms with Crippen LogP contribution in [0.15, 0.2) is 36.5 Å². The van der Waals surface area contributed by atoms with Gasteiger partial charge in [-0.15, -0.1) is 0 Å². The number of carbonyl (C=O) groups is 1. The number of carbonyl (C=O) groups excluding carboxylic acids is 1. The van der Waals surface area contributed by atoms with Crippen molar-refractivity contribution in [2.45, 2.75) is 13.3 Å². The van der Waals surface area contributed by atoms with Crippen molar-refractivity contribution in [1.29, 1.82) is 0 Å². The Hall–Kier alpha value is -3.02. The van der Waals surface area contributed by atoms with Crippen molar-refractivity contribution in [3.63, 3.8) is 0 Å². The molecule has 6 nitrogen and oxygen atoms in total. The van der Waals surface area contributed by atoms with E-state index in [2.05, 4.69) is 38.5 Å². The smallest absolute Gasteiger partial charge is 0.178 e. The molecule has 0 spiro atoms. The zero-order valence-corrected chi connectivity index (χ0v) is 12.9. The molecule has 0 aliphatic heterocycles. The number of nitrogens with zero attached hydrogens (tertiary/aromatic N) is 4. The van der Waals surface area contributed by atoms with E-state index in [1.807, 2.05) is 24.0 Å². The van der Waals surface area contributed by atoms with Crippen molar-refractivity contribution in [2.24, 2.45) is 7.05 Å². The van der Waals surface area contributed by atoms with E-state index in [0.717, 1.165) is 33.2 Å². The molecule has 3 aromatic heterocycles. The van der Waals surface area contributed by atoms with Crippen LogP contribution in [0.1, 0.15) is 28.7 Å². The first kappa shape index (κ1) is 13.6. The molecule has 4 rings (SSSR count). The Morgan fingerprint density at radius 1 is 1.26 bits per heavy atom. The van der Waals surface area contributed by atoms with Gasteiger partial charge in [0.15, 0.2) is 5.78 Å². The fourth-order valence-electron chi connectivity index (χ4n) is 2.79. The van der Waals surface area contributed by atoms with E-state index in [9.17, 15) is 4.79 Å². The number of aromatic nitrogens is 5. The predicted octanol–water partition coefficient (Wildman–Crippen LogP) is 2.64.